The number of halogens is 2. The fraction of sp³-hybridized carbons (Fsp3) is 0.0227. The van der Waals surface area contributed by atoms with E-state index in [-0.39, 0.29) is 0 Å². The van der Waals surface area contributed by atoms with Gasteiger partial charge in [0, 0.05) is 22.0 Å². The van der Waals surface area contributed by atoms with Crippen LogP contribution in [0.4, 0.5) is 8.63 Å². The van der Waals surface area contributed by atoms with Gasteiger partial charge in [-0.1, -0.05) is 146 Å². The second-order valence-corrected chi connectivity index (χ2v) is 12.5. The maximum atomic E-state index is 16.0. The van der Waals surface area contributed by atoms with Crippen LogP contribution in [0, 0.1) is 0 Å². The molecule has 1 aromatic heterocycles. The Kier molecular flexibility index (Phi) is 6.87. The molecule has 8 aromatic rings. The molecule has 0 spiro atoms. The van der Waals surface area contributed by atoms with E-state index in [4.69, 9.17) is 0 Å². The Morgan fingerprint density at radius 2 is 1.10 bits per heavy atom. The van der Waals surface area contributed by atoms with Crippen molar-refractivity contribution in [2.24, 2.45) is 0 Å². The van der Waals surface area contributed by atoms with Gasteiger partial charge in [-0.25, -0.2) is 0 Å². The molecule has 2 nitrogen and oxygen atoms in total. The highest BCUT2D eigenvalue weighted by Gasteiger charge is 2.41. The van der Waals surface area contributed by atoms with Crippen molar-refractivity contribution >= 4 is 56.7 Å². The van der Waals surface area contributed by atoms with Gasteiger partial charge < -0.3 is 4.48 Å². The highest BCUT2D eigenvalue weighted by Crippen LogP contribution is 2.47. The average Bonchev–Trinajstić information content (AvgIpc) is 3.66. The molecule has 0 radical (unpaired) electrons. The highest BCUT2D eigenvalue weighted by atomic mass is 19.2. The number of nitrogens with zero attached hydrogens (tertiary/aromatic N) is 2. The van der Waals surface area contributed by atoms with Crippen LogP contribution in [0.1, 0.15) is 27.9 Å². The summed E-state index contributed by atoms with van der Waals surface area (Å²) in [4.78, 5) is 0. The van der Waals surface area contributed by atoms with Crippen LogP contribution in [0.25, 0.3) is 54.8 Å². The van der Waals surface area contributed by atoms with Crippen LogP contribution in [0.5, 0.6) is 0 Å². The zero-order chi connectivity index (χ0) is 33.1. The molecular weight excluding hydrogens is 605 g/mol. The zero-order valence-electron chi connectivity index (χ0n) is 26.8. The van der Waals surface area contributed by atoms with Crippen molar-refractivity contribution < 1.29 is 13.2 Å². The van der Waals surface area contributed by atoms with Crippen LogP contribution in [0.3, 0.4) is 0 Å². The largest absolute Gasteiger partial charge is 0.678 e. The molecule has 0 N–H and O–H groups in total. The minimum Gasteiger partial charge on any atom is -0.323 e. The molecule has 2 heterocycles. The Labute approximate surface area is 283 Å². The molecule has 232 valence electrons. The van der Waals surface area contributed by atoms with Gasteiger partial charge in [0.15, 0.2) is 0 Å². The van der Waals surface area contributed by atoms with Crippen molar-refractivity contribution in [3.05, 3.63) is 192 Å². The number of fused-ring (bicyclic) bond motifs is 6. The lowest BCUT2D eigenvalue weighted by Crippen LogP contribution is -2.19. The van der Waals surface area contributed by atoms with Crippen molar-refractivity contribution in [1.29, 1.82) is 0 Å². The standard InChI is InChI=1S/C44H30BF2N2/c1-48-41(32-19-7-3-8-20-32)39-34-23-13-11-15-29(34)25-27-36(39)43(48)38(31-17-5-2-6-18-31)44-37-28-26-30-16-12-14-24-35(30)40(37)42(49(44)45(46)47)33-21-9-4-10-22-33/h2-28H,1H3/q+1. The van der Waals surface area contributed by atoms with Crippen molar-refractivity contribution in [2.45, 2.75) is 0 Å². The third kappa shape index (κ3) is 4.50. The molecule has 1 aliphatic heterocycles. The van der Waals surface area contributed by atoms with Gasteiger partial charge in [0.2, 0.25) is 11.4 Å². The molecule has 1 aliphatic rings. The first-order valence-corrected chi connectivity index (χ1v) is 16.5. The van der Waals surface area contributed by atoms with Crippen LogP contribution >= 0.6 is 0 Å². The van der Waals surface area contributed by atoms with Gasteiger partial charge >= 0.3 is 7.40 Å². The van der Waals surface area contributed by atoms with Gasteiger partial charge in [0.1, 0.15) is 7.05 Å². The van der Waals surface area contributed by atoms with Crippen molar-refractivity contribution in [3.8, 4) is 11.3 Å². The molecule has 0 unspecified atom stereocenters. The highest BCUT2D eigenvalue weighted by molar-refractivity contribution is 6.44. The predicted octanol–water partition coefficient (Wildman–Crippen LogP) is 10.8. The molecule has 0 saturated carbocycles. The third-order valence-electron chi connectivity index (χ3n) is 9.82. The first-order valence-electron chi connectivity index (χ1n) is 16.5. The van der Waals surface area contributed by atoms with Gasteiger partial charge in [-0.15, -0.1) is 0 Å². The van der Waals surface area contributed by atoms with Crippen molar-refractivity contribution in [1.82, 2.24) is 4.48 Å². The number of rotatable bonds is 5. The molecule has 0 fully saturated rings. The monoisotopic (exact) mass is 635 g/mol. The lowest BCUT2D eigenvalue weighted by molar-refractivity contribution is -0.390. The second-order valence-electron chi connectivity index (χ2n) is 12.5. The van der Waals surface area contributed by atoms with Crippen LogP contribution < -0.4 is 0 Å². The fourth-order valence-electron chi connectivity index (χ4n) is 7.83. The van der Waals surface area contributed by atoms with E-state index >= 15 is 8.63 Å². The maximum Gasteiger partial charge on any atom is 0.678 e. The molecule has 5 heteroatoms. The normalized spacial score (nSPS) is 13.8. The molecule has 0 aliphatic carbocycles. The van der Waals surface area contributed by atoms with Crippen molar-refractivity contribution in [3.63, 3.8) is 0 Å². The summed E-state index contributed by atoms with van der Waals surface area (Å²) in [5.41, 5.74) is 8.49. The van der Waals surface area contributed by atoms with Gasteiger partial charge in [0.05, 0.1) is 22.4 Å². The van der Waals surface area contributed by atoms with Crippen LogP contribution in [-0.2, 0) is 0 Å². The summed E-state index contributed by atoms with van der Waals surface area (Å²) >= 11 is 0. The SMILES string of the molecule is C[N+]1=C(c2ccccc2)c2c(ccc3ccccc23)/C1=C(\c1ccccc1)c1c2ccc3ccccc3c2c(-c2ccccc2)n1B(F)F. The Morgan fingerprint density at radius 3 is 1.78 bits per heavy atom. The van der Waals surface area contributed by atoms with Gasteiger partial charge in [0.25, 0.3) is 0 Å². The summed E-state index contributed by atoms with van der Waals surface area (Å²) in [6.45, 7) is 0. The summed E-state index contributed by atoms with van der Waals surface area (Å²) in [6, 6.07) is 54.9. The lowest BCUT2D eigenvalue weighted by atomic mass is 9.90. The summed E-state index contributed by atoms with van der Waals surface area (Å²) in [6.07, 6.45) is 0. The van der Waals surface area contributed by atoms with E-state index in [0.29, 0.717) is 11.4 Å². The topological polar surface area (TPSA) is 7.94 Å². The Balaban J connectivity index is 1.53. The molecule has 0 bridgehead atoms. The van der Waals surface area contributed by atoms with Gasteiger partial charge in [-0.2, -0.15) is 4.58 Å². The Bertz CT molecular complexity index is 2620. The number of hydrogen-bond donors (Lipinski definition) is 0. The molecular formula is C44H30BF2N2+. The Morgan fingerprint density at radius 1 is 0.551 bits per heavy atom. The van der Waals surface area contributed by atoms with E-state index in [1.54, 1.807) is 0 Å². The fourth-order valence-corrected chi connectivity index (χ4v) is 7.83. The number of hydrogen-bond acceptors (Lipinski definition) is 0. The summed E-state index contributed by atoms with van der Waals surface area (Å²) in [7, 11) is -0.739. The summed E-state index contributed by atoms with van der Waals surface area (Å²) in [5.74, 6) is 0. The van der Waals surface area contributed by atoms with E-state index in [9.17, 15) is 0 Å². The Hall–Kier alpha value is -6.07. The van der Waals surface area contributed by atoms with Crippen LogP contribution in [0.2, 0.25) is 0 Å². The van der Waals surface area contributed by atoms with E-state index in [2.05, 4.69) is 66.2 Å². The minimum absolute atomic E-state index is 0.496. The van der Waals surface area contributed by atoms with Crippen LogP contribution in [-0.4, -0.2) is 29.2 Å². The van der Waals surface area contributed by atoms with Crippen LogP contribution in [0.15, 0.2) is 164 Å². The number of benzene rings is 7. The molecule has 9 rings (SSSR count). The quantitative estimate of drug-likeness (QED) is 0.131. The van der Waals surface area contributed by atoms with Crippen molar-refractivity contribution in [2.75, 3.05) is 7.05 Å². The third-order valence-corrected chi connectivity index (χ3v) is 9.82. The second kappa shape index (κ2) is 11.6. The van der Waals surface area contributed by atoms with E-state index < -0.39 is 7.40 Å². The van der Waals surface area contributed by atoms with Gasteiger partial charge in [-0.05, 0) is 50.9 Å². The predicted molar refractivity (Wildman–Crippen MR) is 200 cm³/mol. The van der Waals surface area contributed by atoms with Gasteiger partial charge in [-0.3, -0.25) is 8.63 Å². The smallest absolute Gasteiger partial charge is 0.323 e. The first kappa shape index (κ1) is 29.1. The first-order chi connectivity index (χ1) is 24.1. The molecule has 0 amide bonds. The molecule has 0 atom stereocenters. The molecule has 0 saturated heterocycles. The minimum atomic E-state index is -2.81. The molecule has 7 aromatic carbocycles. The molecule has 49 heavy (non-hydrogen) atoms. The maximum absolute atomic E-state index is 16.0. The number of aromatic nitrogens is 1. The summed E-state index contributed by atoms with van der Waals surface area (Å²) < 4.78 is 35.6. The van der Waals surface area contributed by atoms with E-state index in [1.807, 2.05) is 109 Å². The summed E-state index contributed by atoms with van der Waals surface area (Å²) in [5, 5.41) is 5.81. The zero-order valence-corrected chi connectivity index (χ0v) is 26.8. The average molecular weight is 636 g/mol. The van der Waals surface area contributed by atoms with E-state index in [0.717, 1.165) is 77.1 Å². The van der Waals surface area contributed by atoms with E-state index in [1.165, 1.54) is 4.48 Å². The lowest BCUT2D eigenvalue weighted by Gasteiger charge is -2.16.